The van der Waals surface area contributed by atoms with E-state index >= 15 is 0 Å². The maximum absolute atomic E-state index is 12.2. The average Bonchev–Trinajstić information content (AvgIpc) is 2.77. The summed E-state index contributed by atoms with van der Waals surface area (Å²) >= 11 is 0. The van der Waals surface area contributed by atoms with E-state index in [9.17, 15) is 8.42 Å². The Bertz CT molecular complexity index is 1060. The van der Waals surface area contributed by atoms with E-state index in [4.69, 9.17) is 10.5 Å². The van der Waals surface area contributed by atoms with Crippen LogP contribution in [0, 0.1) is 0 Å². The fraction of sp³-hybridized carbons (Fsp3) is 0.556. The van der Waals surface area contributed by atoms with Crippen LogP contribution in [0.4, 0.5) is 0 Å². The molecule has 2 aromatic carbocycles. The summed E-state index contributed by atoms with van der Waals surface area (Å²) in [6, 6.07) is 14.3. The minimum atomic E-state index is -3.11. The van der Waals surface area contributed by atoms with Crippen molar-refractivity contribution in [3.63, 3.8) is 0 Å². The van der Waals surface area contributed by atoms with Gasteiger partial charge >= 0.3 is 0 Å². The third-order valence-electron chi connectivity index (χ3n) is 7.19. The zero-order valence-corrected chi connectivity index (χ0v) is 21.1. The number of fused-ring (bicyclic) bond motifs is 1. The van der Waals surface area contributed by atoms with E-state index < -0.39 is 9.84 Å². The maximum atomic E-state index is 12.2. The zero-order chi connectivity index (χ0) is 23.7. The van der Waals surface area contributed by atoms with Crippen molar-refractivity contribution in [1.29, 1.82) is 0 Å². The molecule has 180 valence electrons. The fourth-order valence-electron chi connectivity index (χ4n) is 5.06. The number of likely N-dealkylation sites (tertiary alicyclic amines) is 1. The van der Waals surface area contributed by atoms with Crippen molar-refractivity contribution in [2.75, 3.05) is 25.4 Å². The molecule has 0 atom stereocenters. The van der Waals surface area contributed by atoms with Crippen LogP contribution in [0.1, 0.15) is 57.6 Å². The van der Waals surface area contributed by atoms with Gasteiger partial charge < -0.3 is 10.5 Å². The molecule has 2 aliphatic rings. The Morgan fingerprint density at radius 3 is 2.30 bits per heavy atom. The number of nitrogens with zero attached hydrogens (tertiary/aromatic N) is 1. The Hall–Kier alpha value is -1.89. The van der Waals surface area contributed by atoms with Crippen molar-refractivity contribution in [2.45, 2.75) is 69.8 Å². The van der Waals surface area contributed by atoms with Crippen molar-refractivity contribution in [1.82, 2.24) is 4.90 Å². The Kier molecular flexibility index (Phi) is 6.90. The SMILES string of the molecule is CC(C)(C)N1CCC2(CCc3cc(-c4ccc(CS(=O)(=O)CCCN)cc4)ccc3O2)CC1. The number of hydrogen-bond donors (Lipinski definition) is 1. The Morgan fingerprint density at radius 1 is 1.00 bits per heavy atom. The number of rotatable bonds is 6. The molecule has 5 nitrogen and oxygen atoms in total. The molecular formula is C27H38N2O3S. The second kappa shape index (κ2) is 9.40. The lowest BCUT2D eigenvalue weighted by molar-refractivity contribution is -0.0355. The van der Waals surface area contributed by atoms with E-state index in [0.717, 1.165) is 61.2 Å². The van der Waals surface area contributed by atoms with Crippen LogP contribution in [0.25, 0.3) is 11.1 Å². The molecule has 2 aliphatic heterocycles. The molecule has 2 N–H and O–H groups in total. The fourth-order valence-corrected chi connectivity index (χ4v) is 6.51. The summed E-state index contributed by atoms with van der Waals surface area (Å²) in [6.45, 7) is 9.44. The van der Waals surface area contributed by atoms with Crippen molar-refractivity contribution in [2.24, 2.45) is 5.73 Å². The summed E-state index contributed by atoms with van der Waals surface area (Å²) in [5, 5.41) is 0. The first-order valence-electron chi connectivity index (χ1n) is 12.2. The first-order valence-corrected chi connectivity index (χ1v) is 14.0. The molecule has 0 bridgehead atoms. The highest BCUT2D eigenvalue weighted by Crippen LogP contribution is 2.41. The van der Waals surface area contributed by atoms with Crippen molar-refractivity contribution >= 4 is 9.84 Å². The summed E-state index contributed by atoms with van der Waals surface area (Å²) in [6.07, 6.45) is 4.78. The highest BCUT2D eigenvalue weighted by Gasteiger charge is 2.41. The standard InChI is InChI=1S/C27H38N2O3S/c1-26(2,3)29-16-13-27(14-17-29)12-11-24-19-23(9-10-25(24)32-27)22-7-5-21(6-8-22)20-33(30,31)18-4-15-28/h5-10,19H,4,11-18,20,28H2,1-3H3. The molecule has 0 unspecified atom stereocenters. The predicted octanol–water partition coefficient (Wildman–Crippen LogP) is 4.58. The zero-order valence-electron chi connectivity index (χ0n) is 20.3. The third-order valence-corrected chi connectivity index (χ3v) is 8.88. The van der Waals surface area contributed by atoms with E-state index in [-0.39, 0.29) is 22.6 Å². The Morgan fingerprint density at radius 2 is 1.67 bits per heavy atom. The van der Waals surface area contributed by atoms with Gasteiger partial charge in [0.2, 0.25) is 0 Å². The Labute approximate surface area is 199 Å². The number of benzene rings is 2. The smallest absolute Gasteiger partial charge is 0.154 e. The lowest BCUT2D eigenvalue weighted by atomic mass is 9.81. The van der Waals surface area contributed by atoms with Gasteiger partial charge in [0.05, 0.1) is 11.5 Å². The molecule has 1 spiro atoms. The van der Waals surface area contributed by atoms with Gasteiger partial charge in [-0.05, 0) is 93.8 Å². The quantitative estimate of drug-likeness (QED) is 0.669. The van der Waals surface area contributed by atoms with Crippen molar-refractivity contribution < 1.29 is 13.2 Å². The van der Waals surface area contributed by atoms with Crippen LogP contribution in [0.2, 0.25) is 0 Å². The van der Waals surface area contributed by atoms with Crippen LogP contribution in [0.15, 0.2) is 42.5 Å². The first kappa shape index (κ1) is 24.2. The number of piperidine rings is 1. The summed E-state index contributed by atoms with van der Waals surface area (Å²) in [7, 11) is -3.11. The third kappa shape index (κ3) is 5.79. The van der Waals surface area contributed by atoms with Gasteiger partial charge in [0.1, 0.15) is 11.4 Å². The van der Waals surface area contributed by atoms with Gasteiger partial charge in [0.25, 0.3) is 0 Å². The van der Waals surface area contributed by atoms with Crippen LogP contribution >= 0.6 is 0 Å². The minimum Gasteiger partial charge on any atom is -0.487 e. The monoisotopic (exact) mass is 470 g/mol. The largest absolute Gasteiger partial charge is 0.487 e. The molecule has 0 aliphatic carbocycles. The molecule has 6 heteroatoms. The van der Waals surface area contributed by atoms with E-state index in [1.165, 1.54) is 5.56 Å². The minimum absolute atomic E-state index is 0.0205. The van der Waals surface area contributed by atoms with Crippen LogP contribution in [0.5, 0.6) is 5.75 Å². The summed E-state index contributed by atoms with van der Waals surface area (Å²) in [5.41, 5.74) is 9.98. The van der Waals surface area contributed by atoms with Gasteiger partial charge in [-0.3, -0.25) is 4.90 Å². The first-order chi connectivity index (χ1) is 15.6. The van der Waals surface area contributed by atoms with E-state index in [0.29, 0.717) is 13.0 Å². The van der Waals surface area contributed by atoms with Crippen molar-refractivity contribution in [3.05, 3.63) is 53.6 Å². The van der Waals surface area contributed by atoms with Gasteiger partial charge in [-0.2, -0.15) is 0 Å². The molecule has 33 heavy (non-hydrogen) atoms. The van der Waals surface area contributed by atoms with Crippen LogP contribution in [0.3, 0.4) is 0 Å². The van der Waals surface area contributed by atoms with E-state index in [1.54, 1.807) is 0 Å². The average molecular weight is 471 g/mol. The molecule has 0 radical (unpaired) electrons. The van der Waals surface area contributed by atoms with Crippen molar-refractivity contribution in [3.8, 4) is 16.9 Å². The lowest BCUT2D eigenvalue weighted by Gasteiger charge is -2.48. The number of ether oxygens (including phenoxy) is 1. The van der Waals surface area contributed by atoms with E-state index in [2.05, 4.69) is 43.9 Å². The number of aryl methyl sites for hydroxylation is 1. The number of nitrogens with two attached hydrogens (primary N) is 1. The topological polar surface area (TPSA) is 72.6 Å². The molecule has 4 rings (SSSR count). The van der Waals surface area contributed by atoms with Gasteiger partial charge in [-0.15, -0.1) is 0 Å². The van der Waals surface area contributed by atoms with Gasteiger partial charge in [-0.1, -0.05) is 30.3 Å². The summed E-state index contributed by atoms with van der Waals surface area (Å²) < 4.78 is 31.0. The molecule has 1 fully saturated rings. The molecule has 0 saturated carbocycles. The molecule has 0 amide bonds. The van der Waals surface area contributed by atoms with Gasteiger partial charge in [0.15, 0.2) is 9.84 Å². The Balaban J connectivity index is 1.43. The molecule has 1 saturated heterocycles. The molecule has 0 aromatic heterocycles. The number of hydrogen-bond acceptors (Lipinski definition) is 5. The van der Waals surface area contributed by atoms with Gasteiger partial charge in [-0.25, -0.2) is 8.42 Å². The van der Waals surface area contributed by atoms with Gasteiger partial charge in [0, 0.05) is 18.6 Å². The van der Waals surface area contributed by atoms with E-state index in [1.807, 2.05) is 24.3 Å². The summed E-state index contributed by atoms with van der Waals surface area (Å²) in [5.74, 6) is 1.24. The lowest BCUT2D eigenvalue weighted by Crippen LogP contribution is -2.54. The maximum Gasteiger partial charge on any atom is 0.154 e. The molecular weight excluding hydrogens is 432 g/mol. The normalized spacial score (nSPS) is 18.7. The molecule has 2 aromatic rings. The highest BCUT2D eigenvalue weighted by molar-refractivity contribution is 7.90. The van der Waals surface area contributed by atoms with Crippen LogP contribution in [-0.4, -0.2) is 49.8 Å². The second-order valence-electron chi connectivity index (χ2n) is 10.7. The number of sulfone groups is 1. The molecule has 2 heterocycles. The second-order valence-corrected chi connectivity index (χ2v) is 12.9. The van der Waals surface area contributed by atoms with Crippen LogP contribution in [-0.2, 0) is 22.0 Å². The predicted molar refractivity (Wildman–Crippen MR) is 135 cm³/mol. The van der Waals surface area contributed by atoms with Crippen LogP contribution < -0.4 is 10.5 Å². The summed E-state index contributed by atoms with van der Waals surface area (Å²) in [4.78, 5) is 2.56. The highest BCUT2D eigenvalue weighted by atomic mass is 32.2.